The second kappa shape index (κ2) is 6.84. The molecule has 0 aromatic heterocycles. The maximum atomic E-state index is 12.9. The molecule has 6 heteroatoms. The topological polar surface area (TPSA) is 64.6 Å². The molecule has 27 heavy (non-hydrogen) atoms. The van der Waals surface area contributed by atoms with Crippen molar-refractivity contribution in [2.45, 2.75) is 44.9 Å². The van der Waals surface area contributed by atoms with Crippen LogP contribution in [-0.2, 0) is 29.3 Å². The summed E-state index contributed by atoms with van der Waals surface area (Å²) >= 11 is 0. The zero-order valence-electron chi connectivity index (χ0n) is 16.0. The summed E-state index contributed by atoms with van der Waals surface area (Å²) < 4.78 is 40.1. The molecule has 1 N–H and O–H groups in total. The van der Waals surface area contributed by atoms with Gasteiger partial charge in [-0.25, -0.2) is 13.1 Å². The van der Waals surface area contributed by atoms with Crippen molar-refractivity contribution in [3.05, 3.63) is 51.6 Å². The van der Waals surface area contributed by atoms with Crippen LogP contribution in [0.4, 0.5) is 0 Å². The highest BCUT2D eigenvalue weighted by Crippen LogP contribution is 2.40. The molecule has 0 atom stereocenters. The Balaban J connectivity index is 1.56. The summed E-state index contributed by atoms with van der Waals surface area (Å²) in [4.78, 5) is 0.385. The lowest BCUT2D eigenvalue weighted by atomic mass is 9.97. The monoisotopic (exact) mass is 387 g/mol. The van der Waals surface area contributed by atoms with E-state index in [2.05, 4.69) is 10.8 Å². The van der Waals surface area contributed by atoms with Crippen molar-refractivity contribution >= 4 is 10.0 Å². The Morgan fingerprint density at radius 3 is 2.44 bits per heavy atom. The quantitative estimate of drug-likeness (QED) is 0.857. The van der Waals surface area contributed by atoms with Crippen LogP contribution in [-0.4, -0.2) is 28.2 Å². The van der Waals surface area contributed by atoms with E-state index in [0.29, 0.717) is 31.1 Å². The van der Waals surface area contributed by atoms with Crippen LogP contribution in [0.15, 0.2) is 23.1 Å². The number of hydrogen-bond donors (Lipinski definition) is 1. The van der Waals surface area contributed by atoms with Gasteiger partial charge in [0.1, 0.15) is 11.5 Å². The van der Waals surface area contributed by atoms with Crippen molar-refractivity contribution < 1.29 is 17.9 Å². The van der Waals surface area contributed by atoms with Crippen LogP contribution in [0.5, 0.6) is 11.5 Å². The molecule has 0 bridgehead atoms. The molecule has 0 unspecified atom stereocenters. The van der Waals surface area contributed by atoms with E-state index in [1.165, 1.54) is 5.56 Å². The molecular weight excluding hydrogens is 362 g/mol. The lowest BCUT2D eigenvalue weighted by molar-refractivity contribution is 0.353. The van der Waals surface area contributed by atoms with Gasteiger partial charge < -0.3 is 9.47 Å². The Hall–Kier alpha value is -2.05. The lowest BCUT2D eigenvalue weighted by Gasteiger charge is -2.15. The second-order valence-electron chi connectivity index (χ2n) is 7.39. The largest absolute Gasteiger partial charge is 0.493 e. The van der Waals surface area contributed by atoms with Gasteiger partial charge in [0.05, 0.1) is 18.1 Å². The third-order valence-corrected chi connectivity index (χ3v) is 7.07. The summed E-state index contributed by atoms with van der Waals surface area (Å²) in [5, 5.41) is 0. The first-order valence-electron chi connectivity index (χ1n) is 9.37. The molecule has 5 nitrogen and oxygen atoms in total. The summed E-state index contributed by atoms with van der Waals surface area (Å²) in [7, 11) is -3.56. The Labute approximate surface area is 160 Å². The van der Waals surface area contributed by atoms with Crippen molar-refractivity contribution in [2.75, 3.05) is 19.8 Å². The highest BCUT2D eigenvalue weighted by molar-refractivity contribution is 7.89. The van der Waals surface area contributed by atoms with Gasteiger partial charge in [0, 0.05) is 36.1 Å². The predicted octanol–water partition coefficient (Wildman–Crippen LogP) is 3.00. The van der Waals surface area contributed by atoms with Gasteiger partial charge in [0.25, 0.3) is 0 Å². The van der Waals surface area contributed by atoms with Gasteiger partial charge >= 0.3 is 0 Å². The van der Waals surface area contributed by atoms with E-state index in [9.17, 15) is 8.42 Å². The summed E-state index contributed by atoms with van der Waals surface area (Å²) in [5.74, 6) is 1.86. The Kier molecular flexibility index (Phi) is 4.64. The summed E-state index contributed by atoms with van der Waals surface area (Å²) in [5.41, 5.74) is 6.04. The minimum atomic E-state index is -3.56. The summed E-state index contributed by atoms with van der Waals surface area (Å²) in [6.45, 7) is 7.36. The third-order valence-electron chi connectivity index (χ3n) is 5.30. The van der Waals surface area contributed by atoms with E-state index in [4.69, 9.17) is 9.47 Å². The third kappa shape index (κ3) is 3.32. The van der Waals surface area contributed by atoms with Gasteiger partial charge in [-0.15, -0.1) is 0 Å². The van der Waals surface area contributed by atoms with Crippen LogP contribution in [0.3, 0.4) is 0 Å². The molecule has 0 spiro atoms. The van der Waals surface area contributed by atoms with Crippen LogP contribution < -0.4 is 14.2 Å². The zero-order valence-corrected chi connectivity index (χ0v) is 16.8. The van der Waals surface area contributed by atoms with Gasteiger partial charge in [0.15, 0.2) is 0 Å². The van der Waals surface area contributed by atoms with Crippen molar-refractivity contribution in [3.63, 3.8) is 0 Å². The average molecular weight is 388 g/mol. The highest BCUT2D eigenvalue weighted by atomic mass is 32.2. The van der Waals surface area contributed by atoms with Crippen LogP contribution >= 0.6 is 0 Å². The van der Waals surface area contributed by atoms with Crippen LogP contribution in [0.25, 0.3) is 0 Å². The molecule has 0 radical (unpaired) electrons. The van der Waals surface area contributed by atoms with E-state index < -0.39 is 10.0 Å². The number of sulfonamides is 1. The number of benzene rings is 2. The van der Waals surface area contributed by atoms with Gasteiger partial charge in [-0.1, -0.05) is 17.7 Å². The lowest BCUT2D eigenvalue weighted by Crippen LogP contribution is -2.27. The molecule has 144 valence electrons. The van der Waals surface area contributed by atoms with Gasteiger partial charge in [-0.3, -0.25) is 0 Å². The first kappa shape index (κ1) is 18.3. The van der Waals surface area contributed by atoms with Crippen molar-refractivity contribution in [2.24, 2.45) is 0 Å². The minimum Gasteiger partial charge on any atom is -0.493 e. The molecule has 0 amide bonds. The van der Waals surface area contributed by atoms with Crippen molar-refractivity contribution in [1.82, 2.24) is 4.72 Å². The molecule has 2 heterocycles. The fraction of sp³-hybridized carbons (Fsp3) is 0.429. The molecular formula is C21H25NO4S. The SMILES string of the molecule is Cc1cc(C)c(S(=O)(=O)NCCc2c3c(cc4c2OCC4)OCC3)c(C)c1. The Morgan fingerprint density at radius 1 is 1.00 bits per heavy atom. The smallest absolute Gasteiger partial charge is 0.241 e. The first-order chi connectivity index (χ1) is 12.9. The van der Waals surface area contributed by atoms with Gasteiger partial charge in [-0.2, -0.15) is 0 Å². The molecule has 0 aliphatic carbocycles. The van der Waals surface area contributed by atoms with E-state index in [1.807, 2.05) is 32.9 Å². The number of aryl methyl sites for hydroxylation is 3. The minimum absolute atomic E-state index is 0.335. The molecule has 0 fully saturated rings. The average Bonchev–Trinajstić information content (AvgIpc) is 3.21. The van der Waals surface area contributed by atoms with Gasteiger partial charge in [0.2, 0.25) is 10.0 Å². The van der Waals surface area contributed by atoms with E-state index in [0.717, 1.165) is 52.2 Å². The van der Waals surface area contributed by atoms with Crippen LogP contribution in [0.2, 0.25) is 0 Å². The van der Waals surface area contributed by atoms with Crippen molar-refractivity contribution in [1.29, 1.82) is 0 Å². The van der Waals surface area contributed by atoms with Crippen molar-refractivity contribution in [3.8, 4) is 11.5 Å². The van der Waals surface area contributed by atoms with E-state index in [1.54, 1.807) is 0 Å². The molecule has 2 aromatic rings. The standard InChI is InChI=1S/C21H25NO4S/c1-13-10-14(2)21(15(3)11-13)27(23,24)22-7-4-18-17-6-9-25-19(17)12-16-5-8-26-20(16)18/h10-12,22H,4-9H2,1-3H3. The molecule has 2 aromatic carbocycles. The van der Waals surface area contributed by atoms with Crippen LogP contribution in [0, 0.1) is 20.8 Å². The Morgan fingerprint density at radius 2 is 1.70 bits per heavy atom. The maximum absolute atomic E-state index is 12.9. The predicted molar refractivity (Wildman–Crippen MR) is 104 cm³/mol. The molecule has 2 aliphatic rings. The zero-order chi connectivity index (χ0) is 19.2. The second-order valence-corrected chi connectivity index (χ2v) is 9.10. The molecule has 2 aliphatic heterocycles. The first-order valence-corrected chi connectivity index (χ1v) is 10.9. The maximum Gasteiger partial charge on any atom is 0.241 e. The number of rotatable bonds is 5. The van der Waals surface area contributed by atoms with Crippen LogP contribution in [0.1, 0.15) is 33.4 Å². The fourth-order valence-electron chi connectivity index (χ4n) is 4.32. The number of hydrogen-bond acceptors (Lipinski definition) is 4. The molecule has 4 rings (SSSR count). The molecule has 0 saturated heterocycles. The number of fused-ring (bicyclic) bond motifs is 2. The normalized spacial score (nSPS) is 15.2. The summed E-state index contributed by atoms with van der Waals surface area (Å²) in [6.07, 6.45) is 2.33. The fourth-order valence-corrected chi connectivity index (χ4v) is 5.80. The van der Waals surface area contributed by atoms with Gasteiger partial charge in [-0.05, 0) is 44.4 Å². The van der Waals surface area contributed by atoms with E-state index >= 15 is 0 Å². The number of ether oxygens (including phenoxy) is 2. The highest BCUT2D eigenvalue weighted by Gasteiger charge is 2.27. The Bertz CT molecular complexity index is 956. The summed E-state index contributed by atoms with van der Waals surface area (Å²) in [6, 6.07) is 5.89. The van der Waals surface area contributed by atoms with E-state index in [-0.39, 0.29) is 0 Å². The number of nitrogens with one attached hydrogen (secondary N) is 1. The molecule has 0 saturated carbocycles.